The van der Waals surface area contributed by atoms with Gasteiger partial charge < -0.3 is 10.0 Å². The molecule has 2 bridgehead atoms. The second-order valence-electron chi connectivity index (χ2n) is 11.7. The number of hydrogen-bond donors (Lipinski definition) is 1. The predicted octanol–water partition coefficient (Wildman–Crippen LogP) is 6.20. The van der Waals surface area contributed by atoms with E-state index in [4.69, 9.17) is 0 Å². The minimum Gasteiger partial charge on any atom is -0.493 e. The number of carbonyl (C=O) groups is 1. The quantitative estimate of drug-likeness (QED) is 0.448. The average molecular weight is 474 g/mol. The van der Waals surface area contributed by atoms with Gasteiger partial charge in [0.1, 0.15) is 0 Å². The van der Waals surface area contributed by atoms with Gasteiger partial charge in [-0.1, -0.05) is 39.0 Å². The van der Waals surface area contributed by atoms with Crippen LogP contribution in [-0.2, 0) is 6.67 Å². The summed E-state index contributed by atoms with van der Waals surface area (Å²) in [7, 11) is 3.90. The number of amides is 1. The van der Waals surface area contributed by atoms with E-state index in [1.54, 1.807) is 12.1 Å². The molecule has 2 aromatic carbocycles. The lowest BCUT2D eigenvalue weighted by atomic mass is 9.65. The number of nitrogens with zero attached hydrogens (tertiary/aromatic N) is 5. The first-order valence-corrected chi connectivity index (χ1v) is 12.3. The SMILES string of the molecule is CN(C)c1ccc(C(=O)N=Nc2c(O)n(CN3C[C@@]4(C)C[C@@H]3CC(C)(C)C4)c3ccccc23)cc1. The highest BCUT2D eigenvalue weighted by atomic mass is 16.3. The number of carbonyl (C=O) groups excluding carboxylic acids is 1. The highest BCUT2D eigenvalue weighted by Gasteiger charge is 2.49. The van der Waals surface area contributed by atoms with Gasteiger partial charge >= 0.3 is 0 Å². The Morgan fingerprint density at radius 2 is 1.80 bits per heavy atom. The molecule has 3 aromatic rings. The van der Waals surface area contributed by atoms with Gasteiger partial charge in [0.25, 0.3) is 5.91 Å². The molecule has 2 fully saturated rings. The third-order valence-corrected chi connectivity index (χ3v) is 7.64. The third-order valence-electron chi connectivity index (χ3n) is 7.64. The summed E-state index contributed by atoms with van der Waals surface area (Å²) in [5.41, 5.74) is 3.34. The van der Waals surface area contributed by atoms with Crippen molar-refractivity contribution < 1.29 is 9.90 Å². The number of aromatic nitrogens is 1. The molecule has 35 heavy (non-hydrogen) atoms. The molecule has 1 N–H and O–H groups in total. The van der Waals surface area contributed by atoms with Gasteiger partial charge in [0, 0.05) is 43.3 Å². The maximum Gasteiger partial charge on any atom is 0.295 e. The maximum absolute atomic E-state index is 12.7. The Balaban J connectivity index is 1.43. The lowest BCUT2D eigenvalue weighted by Crippen LogP contribution is -2.35. The zero-order chi connectivity index (χ0) is 25.0. The Bertz CT molecular complexity index is 1290. The summed E-state index contributed by atoms with van der Waals surface area (Å²) in [6, 6.07) is 15.5. The molecule has 0 radical (unpaired) electrons. The van der Waals surface area contributed by atoms with Crippen molar-refractivity contribution >= 4 is 28.2 Å². The highest BCUT2D eigenvalue weighted by molar-refractivity contribution is 5.97. The molecule has 0 spiro atoms. The third kappa shape index (κ3) is 4.45. The largest absolute Gasteiger partial charge is 0.493 e. The number of benzene rings is 2. The Morgan fingerprint density at radius 3 is 2.51 bits per heavy atom. The van der Waals surface area contributed by atoms with Crippen LogP contribution in [0.2, 0.25) is 0 Å². The summed E-state index contributed by atoms with van der Waals surface area (Å²) in [4.78, 5) is 17.2. The van der Waals surface area contributed by atoms with Crippen LogP contribution < -0.4 is 4.90 Å². The molecule has 1 amide bonds. The highest BCUT2D eigenvalue weighted by Crippen LogP contribution is 2.53. The van der Waals surface area contributed by atoms with Gasteiger partial charge in [-0.05, 0) is 60.4 Å². The van der Waals surface area contributed by atoms with Crippen LogP contribution in [0.25, 0.3) is 10.9 Å². The summed E-state index contributed by atoms with van der Waals surface area (Å²) in [5.74, 6) is -0.383. The van der Waals surface area contributed by atoms with E-state index in [1.807, 2.05) is 60.0 Å². The van der Waals surface area contributed by atoms with Crippen LogP contribution >= 0.6 is 0 Å². The van der Waals surface area contributed by atoms with E-state index in [-0.39, 0.29) is 5.88 Å². The number of fused-ring (bicyclic) bond motifs is 3. The number of likely N-dealkylation sites (tertiary alicyclic amines) is 1. The summed E-state index contributed by atoms with van der Waals surface area (Å²) in [6.07, 6.45) is 3.59. The number of para-hydroxylation sites is 1. The molecular formula is C28H35N5O2. The Labute approximate surface area is 207 Å². The van der Waals surface area contributed by atoms with Crippen LogP contribution in [0.4, 0.5) is 11.4 Å². The minimum absolute atomic E-state index is 0.0524. The van der Waals surface area contributed by atoms with E-state index in [1.165, 1.54) is 12.8 Å². The number of rotatable bonds is 5. The van der Waals surface area contributed by atoms with Gasteiger partial charge in [0.05, 0.1) is 12.2 Å². The first-order valence-electron chi connectivity index (χ1n) is 12.3. The minimum atomic E-state index is -0.435. The Morgan fingerprint density at radius 1 is 1.09 bits per heavy atom. The number of anilines is 1. The number of hydrogen-bond acceptors (Lipinski definition) is 5. The van der Waals surface area contributed by atoms with Crippen molar-refractivity contribution in [1.82, 2.24) is 9.47 Å². The molecular weight excluding hydrogens is 438 g/mol. The molecule has 1 aromatic heterocycles. The van der Waals surface area contributed by atoms with Gasteiger partial charge in [0.15, 0.2) is 5.69 Å². The first kappa shape index (κ1) is 23.5. The van der Waals surface area contributed by atoms with Crippen LogP contribution in [0.1, 0.15) is 50.4 Å². The number of azo groups is 1. The second-order valence-corrected chi connectivity index (χ2v) is 11.7. The van der Waals surface area contributed by atoms with Crippen molar-refractivity contribution in [1.29, 1.82) is 0 Å². The predicted molar refractivity (Wildman–Crippen MR) is 139 cm³/mol. The molecule has 5 rings (SSSR count). The van der Waals surface area contributed by atoms with Crippen LogP contribution in [0.15, 0.2) is 58.8 Å². The Kier molecular flexibility index (Phi) is 5.71. The van der Waals surface area contributed by atoms with Crippen LogP contribution in [0.5, 0.6) is 5.88 Å². The zero-order valence-electron chi connectivity index (χ0n) is 21.3. The first-order chi connectivity index (χ1) is 16.6. The van der Waals surface area contributed by atoms with Gasteiger partial charge in [-0.3, -0.25) is 14.3 Å². The van der Waals surface area contributed by atoms with E-state index in [0.717, 1.165) is 29.6 Å². The van der Waals surface area contributed by atoms with Crippen molar-refractivity contribution in [3.05, 3.63) is 54.1 Å². The van der Waals surface area contributed by atoms with E-state index in [2.05, 4.69) is 35.9 Å². The van der Waals surface area contributed by atoms with Gasteiger partial charge in [-0.15, -0.1) is 10.2 Å². The summed E-state index contributed by atoms with van der Waals surface area (Å²) in [5, 5.41) is 20.2. The summed E-state index contributed by atoms with van der Waals surface area (Å²) >= 11 is 0. The van der Waals surface area contributed by atoms with Gasteiger partial charge in [0.2, 0.25) is 5.88 Å². The van der Waals surface area contributed by atoms with Crippen LogP contribution in [-0.4, -0.2) is 47.2 Å². The van der Waals surface area contributed by atoms with Crippen LogP contribution in [0, 0.1) is 10.8 Å². The molecule has 1 aliphatic heterocycles. The number of aromatic hydroxyl groups is 1. The molecule has 184 valence electrons. The van der Waals surface area contributed by atoms with Crippen molar-refractivity contribution in [3.63, 3.8) is 0 Å². The summed E-state index contributed by atoms with van der Waals surface area (Å²) < 4.78 is 1.91. The lowest BCUT2D eigenvalue weighted by molar-refractivity contribution is 0.0995. The summed E-state index contributed by atoms with van der Waals surface area (Å²) in [6.45, 7) is 8.74. The molecule has 1 aliphatic carbocycles. The van der Waals surface area contributed by atoms with Crippen LogP contribution in [0.3, 0.4) is 0 Å². The van der Waals surface area contributed by atoms with E-state index < -0.39 is 5.91 Å². The fraction of sp³-hybridized carbons (Fsp3) is 0.464. The molecule has 2 atom stereocenters. The molecule has 0 unspecified atom stereocenters. The molecule has 7 heteroatoms. The normalized spacial score (nSPS) is 23.9. The van der Waals surface area contributed by atoms with Crippen molar-refractivity contribution in [2.45, 2.75) is 52.7 Å². The Hall–Kier alpha value is -3.19. The van der Waals surface area contributed by atoms with E-state index in [0.29, 0.717) is 34.8 Å². The smallest absolute Gasteiger partial charge is 0.295 e. The maximum atomic E-state index is 12.7. The zero-order valence-corrected chi connectivity index (χ0v) is 21.3. The van der Waals surface area contributed by atoms with Crippen molar-refractivity contribution in [2.75, 3.05) is 25.5 Å². The fourth-order valence-corrected chi connectivity index (χ4v) is 6.49. The van der Waals surface area contributed by atoms with E-state index >= 15 is 0 Å². The van der Waals surface area contributed by atoms with Crippen molar-refractivity contribution in [3.8, 4) is 5.88 Å². The fourth-order valence-electron chi connectivity index (χ4n) is 6.49. The second kappa shape index (κ2) is 8.48. The topological polar surface area (TPSA) is 73.4 Å². The molecule has 7 nitrogen and oxygen atoms in total. The van der Waals surface area contributed by atoms with Gasteiger partial charge in [-0.25, -0.2) is 0 Å². The van der Waals surface area contributed by atoms with E-state index in [9.17, 15) is 9.90 Å². The molecule has 2 heterocycles. The molecule has 1 saturated carbocycles. The van der Waals surface area contributed by atoms with Crippen molar-refractivity contribution in [2.24, 2.45) is 21.1 Å². The molecule has 1 saturated heterocycles. The standard InChI is InChI=1S/C28H35N5O2/c1-27(2)14-21-15-28(3,16-27)17-32(21)18-33-23-9-7-6-8-22(23)24(26(33)35)29-30-25(34)19-10-12-20(13-11-19)31(4)5/h6-13,21,35H,14-18H2,1-5H3/t21-,28-/m0/s1. The lowest BCUT2D eigenvalue weighted by Gasteiger charge is -2.40. The molecule has 2 aliphatic rings. The van der Waals surface area contributed by atoms with Gasteiger partial charge in [-0.2, -0.15) is 0 Å². The monoisotopic (exact) mass is 473 g/mol. The average Bonchev–Trinajstić information content (AvgIpc) is 3.20.